The number of hydrogen-bond donors (Lipinski definition) is 2. The minimum Gasteiger partial charge on any atom is -0.396 e. The van der Waals surface area contributed by atoms with Gasteiger partial charge in [-0.05, 0) is 25.1 Å². The Morgan fingerprint density at radius 3 is 2.45 bits per heavy atom. The number of carbonyl (C=O) groups is 1. The second kappa shape index (κ2) is 7.90. The summed E-state index contributed by atoms with van der Waals surface area (Å²) in [5.41, 5.74) is 5.11. The molecule has 3 N–H and O–H groups in total. The lowest BCUT2D eigenvalue weighted by molar-refractivity contribution is -0.384. The first-order valence-corrected chi connectivity index (χ1v) is 8.85. The quantitative estimate of drug-likeness (QED) is 0.366. The molecule has 0 unspecified atom stereocenters. The van der Waals surface area contributed by atoms with Crippen molar-refractivity contribution in [1.29, 1.82) is 0 Å². The molecule has 0 aliphatic carbocycles. The SMILES string of the molecule is Cc1cc(=O)c(C(=O)Nc2cc(Cl)c(N)c(Cl)c2)nn1-c1ccccc1[N+](=O)[O-]. The molecule has 0 atom stereocenters. The van der Waals surface area contributed by atoms with Crippen molar-refractivity contribution in [3.63, 3.8) is 0 Å². The largest absolute Gasteiger partial charge is 0.396 e. The second-order valence-electron chi connectivity index (χ2n) is 5.96. The first kappa shape index (κ1) is 20.3. The molecule has 3 rings (SSSR count). The number of nitro benzene ring substituents is 1. The molecule has 2 aromatic carbocycles. The van der Waals surface area contributed by atoms with Gasteiger partial charge in [0.15, 0.2) is 5.69 Å². The van der Waals surface area contributed by atoms with E-state index in [0.29, 0.717) is 5.69 Å². The van der Waals surface area contributed by atoms with Crippen molar-refractivity contribution >= 4 is 46.2 Å². The van der Waals surface area contributed by atoms with Gasteiger partial charge in [-0.1, -0.05) is 35.3 Å². The number of nitrogens with two attached hydrogens (primary N) is 1. The molecule has 0 radical (unpaired) electrons. The highest BCUT2D eigenvalue weighted by molar-refractivity contribution is 6.39. The van der Waals surface area contributed by atoms with E-state index in [4.69, 9.17) is 28.9 Å². The van der Waals surface area contributed by atoms with Crippen LogP contribution in [0.5, 0.6) is 0 Å². The van der Waals surface area contributed by atoms with Crippen LogP contribution in [0.4, 0.5) is 17.1 Å². The smallest absolute Gasteiger partial charge is 0.294 e. The fourth-order valence-electron chi connectivity index (χ4n) is 2.59. The number of hydrogen-bond acceptors (Lipinski definition) is 6. The number of rotatable bonds is 4. The molecule has 148 valence electrons. The zero-order valence-corrected chi connectivity index (χ0v) is 16.4. The average molecular weight is 434 g/mol. The van der Waals surface area contributed by atoms with Gasteiger partial charge in [-0.2, -0.15) is 5.10 Å². The number of para-hydroxylation sites is 2. The van der Waals surface area contributed by atoms with Crippen molar-refractivity contribution in [3.05, 3.63) is 84.2 Å². The maximum atomic E-state index is 12.6. The van der Waals surface area contributed by atoms with Gasteiger partial charge >= 0.3 is 0 Å². The number of aryl methyl sites for hydroxylation is 1. The Bertz CT molecular complexity index is 1190. The highest BCUT2D eigenvalue weighted by Gasteiger charge is 2.20. The third-order valence-electron chi connectivity index (χ3n) is 3.97. The zero-order chi connectivity index (χ0) is 21.3. The van der Waals surface area contributed by atoms with Crippen molar-refractivity contribution in [3.8, 4) is 5.69 Å². The molecule has 11 heteroatoms. The molecule has 29 heavy (non-hydrogen) atoms. The van der Waals surface area contributed by atoms with Gasteiger partial charge in [0.1, 0.15) is 5.69 Å². The van der Waals surface area contributed by atoms with Crippen LogP contribution in [0.1, 0.15) is 16.2 Å². The van der Waals surface area contributed by atoms with E-state index in [2.05, 4.69) is 10.4 Å². The van der Waals surface area contributed by atoms with Gasteiger partial charge in [0.05, 0.1) is 20.7 Å². The highest BCUT2D eigenvalue weighted by atomic mass is 35.5. The molecular formula is C18H13Cl2N5O4. The summed E-state index contributed by atoms with van der Waals surface area (Å²) in [5.74, 6) is -0.834. The lowest BCUT2D eigenvalue weighted by Gasteiger charge is -2.12. The lowest BCUT2D eigenvalue weighted by atomic mass is 10.2. The van der Waals surface area contributed by atoms with Crippen LogP contribution in [0, 0.1) is 17.0 Å². The van der Waals surface area contributed by atoms with E-state index < -0.39 is 22.0 Å². The molecule has 0 aliphatic heterocycles. The van der Waals surface area contributed by atoms with Gasteiger partial charge in [-0.15, -0.1) is 0 Å². The Morgan fingerprint density at radius 2 is 1.83 bits per heavy atom. The normalized spacial score (nSPS) is 10.6. The van der Waals surface area contributed by atoms with Gasteiger partial charge in [0.25, 0.3) is 11.6 Å². The van der Waals surface area contributed by atoms with Gasteiger partial charge in [0, 0.05) is 23.5 Å². The summed E-state index contributed by atoms with van der Waals surface area (Å²) in [6.07, 6.45) is 0. The summed E-state index contributed by atoms with van der Waals surface area (Å²) in [7, 11) is 0. The molecule has 0 aliphatic rings. The molecule has 0 spiro atoms. The summed E-state index contributed by atoms with van der Waals surface area (Å²) in [6.45, 7) is 1.55. The zero-order valence-electron chi connectivity index (χ0n) is 14.8. The van der Waals surface area contributed by atoms with Gasteiger partial charge in [0.2, 0.25) is 5.43 Å². The number of carbonyl (C=O) groups excluding carboxylic acids is 1. The predicted octanol–water partition coefficient (Wildman–Crippen LogP) is 3.59. The van der Waals surface area contributed by atoms with E-state index >= 15 is 0 Å². The van der Waals surface area contributed by atoms with Crippen molar-refractivity contribution in [1.82, 2.24) is 9.78 Å². The number of benzene rings is 2. The maximum Gasteiger partial charge on any atom is 0.294 e. The van der Waals surface area contributed by atoms with Crippen LogP contribution in [0.15, 0.2) is 47.3 Å². The maximum absolute atomic E-state index is 12.6. The van der Waals surface area contributed by atoms with Crippen LogP contribution >= 0.6 is 23.2 Å². The topological polar surface area (TPSA) is 133 Å². The van der Waals surface area contributed by atoms with Gasteiger partial charge in [-0.25, -0.2) is 4.68 Å². The predicted molar refractivity (Wildman–Crippen MR) is 110 cm³/mol. The summed E-state index contributed by atoms with van der Waals surface area (Å²) in [4.78, 5) is 35.7. The molecule has 0 fully saturated rings. The van der Waals surface area contributed by atoms with E-state index in [1.807, 2.05) is 0 Å². The summed E-state index contributed by atoms with van der Waals surface area (Å²) >= 11 is 11.9. The van der Waals surface area contributed by atoms with Crippen molar-refractivity contribution in [2.45, 2.75) is 6.92 Å². The lowest BCUT2D eigenvalue weighted by Crippen LogP contribution is -2.27. The number of anilines is 2. The number of nitro groups is 1. The third kappa shape index (κ3) is 4.05. The van der Waals surface area contributed by atoms with Crippen LogP contribution in [0.25, 0.3) is 5.69 Å². The molecule has 0 saturated heterocycles. The average Bonchev–Trinajstić information content (AvgIpc) is 2.66. The van der Waals surface area contributed by atoms with E-state index in [1.54, 1.807) is 13.0 Å². The first-order chi connectivity index (χ1) is 13.7. The molecule has 1 heterocycles. The fraction of sp³-hybridized carbons (Fsp3) is 0.0556. The number of amides is 1. The van der Waals surface area contributed by atoms with Crippen LogP contribution in [0.3, 0.4) is 0 Å². The van der Waals surface area contributed by atoms with Crippen molar-refractivity contribution in [2.24, 2.45) is 0 Å². The summed E-state index contributed by atoms with van der Waals surface area (Å²) < 4.78 is 1.16. The van der Waals surface area contributed by atoms with Crippen molar-refractivity contribution < 1.29 is 9.72 Å². The third-order valence-corrected chi connectivity index (χ3v) is 4.59. The van der Waals surface area contributed by atoms with E-state index in [0.717, 1.165) is 4.68 Å². The van der Waals surface area contributed by atoms with Gasteiger partial charge in [-0.3, -0.25) is 19.7 Å². The molecule has 0 bridgehead atoms. The van der Waals surface area contributed by atoms with Gasteiger partial charge < -0.3 is 11.1 Å². The minimum absolute atomic E-state index is 0.114. The van der Waals surface area contributed by atoms with Crippen LogP contribution in [-0.2, 0) is 0 Å². The standard InChI is InChI=1S/C18H13Cl2N5O4/c1-9-6-15(26)17(18(27)22-10-7-11(19)16(21)12(20)8-10)23-24(9)13-4-2-3-5-14(13)25(28)29/h2-8H,21H2,1H3,(H,22,27). The van der Waals surface area contributed by atoms with Crippen LogP contribution in [-0.4, -0.2) is 20.6 Å². The minimum atomic E-state index is -0.834. The molecule has 1 aromatic heterocycles. The van der Waals surface area contributed by atoms with E-state index in [-0.39, 0.29) is 32.8 Å². The monoisotopic (exact) mass is 433 g/mol. The Labute approximate surface area is 173 Å². The van der Waals surface area contributed by atoms with Crippen molar-refractivity contribution in [2.75, 3.05) is 11.1 Å². The number of nitrogen functional groups attached to an aromatic ring is 1. The number of nitrogens with one attached hydrogen (secondary N) is 1. The molecule has 3 aromatic rings. The molecule has 1 amide bonds. The first-order valence-electron chi connectivity index (χ1n) is 8.09. The highest BCUT2D eigenvalue weighted by Crippen LogP contribution is 2.31. The summed E-state index contributed by atoms with van der Waals surface area (Å²) in [6, 6.07) is 9.75. The van der Waals surface area contributed by atoms with E-state index in [1.165, 1.54) is 36.4 Å². The number of aromatic nitrogens is 2. The number of halogens is 2. The Balaban J connectivity index is 2.06. The number of nitrogens with zero attached hydrogens (tertiary/aromatic N) is 3. The van der Waals surface area contributed by atoms with Crippen LogP contribution in [0.2, 0.25) is 10.0 Å². The Morgan fingerprint density at radius 1 is 1.21 bits per heavy atom. The second-order valence-corrected chi connectivity index (χ2v) is 6.78. The Hall–Kier alpha value is -3.43. The molecule has 0 saturated carbocycles. The molecule has 9 nitrogen and oxygen atoms in total. The Kier molecular flexibility index (Phi) is 5.53. The van der Waals surface area contributed by atoms with E-state index in [9.17, 15) is 19.7 Å². The van der Waals surface area contributed by atoms with Crippen LogP contribution < -0.4 is 16.5 Å². The fourth-order valence-corrected chi connectivity index (χ4v) is 3.08. The molecular weight excluding hydrogens is 421 g/mol. The summed E-state index contributed by atoms with van der Waals surface area (Å²) in [5, 5.41) is 18.1.